The third-order valence-electron chi connectivity index (χ3n) is 2.60. The highest BCUT2D eigenvalue weighted by atomic mass is 79.9. The van der Waals surface area contributed by atoms with Crippen molar-refractivity contribution in [3.05, 3.63) is 39.0 Å². The Morgan fingerprint density at radius 3 is 2.40 bits per heavy atom. The van der Waals surface area contributed by atoms with Crippen LogP contribution in [0.5, 0.6) is 0 Å². The van der Waals surface area contributed by atoms with Crippen LogP contribution in [0.15, 0.2) is 33.2 Å². The third-order valence-corrected chi connectivity index (χ3v) is 3.75. The van der Waals surface area contributed by atoms with E-state index in [1.807, 2.05) is 32.0 Å². The van der Waals surface area contributed by atoms with Gasteiger partial charge in [-0.15, -0.1) is 0 Å². The molecule has 0 saturated heterocycles. The molecule has 106 valence electrons. The van der Waals surface area contributed by atoms with E-state index in [1.54, 1.807) is 6.07 Å². The van der Waals surface area contributed by atoms with E-state index < -0.39 is 0 Å². The molecule has 1 heterocycles. The molecule has 1 aromatic carbocycles. The standard InChI is InChI=1S/C13H15Br2N5/c1-7(2)13-18-11(6-12(19-13)20-16)17-10-4-3-8(14)5-9(10)15/h3-7H,16H2,1-2H3,(H2,17,18,19,20). The summed E-state index contributed by atoms with van der Waals surface area (Å²) in [6.07, 6.45) is 0. The predicted molar refractivity (Wildman–Crippen MR) is 89.1 cm³/mol. The second-order valence-corrected chi connectivity index (χ2v) is 6.31. The monoisotopic (exact) mass is 399 g/mol. The zero-order chi connectivity index (χ0) is 14.7. The molecule has 0 radical (unpaired) electrons. The summed E-state index contributed by atoms with van der Waals surface area (Å²) in [4.78, 5) is 8.81. The van der Waals surface area contributed by atoms with Gasteiger partial charge in [0.15, 0.2) is 0 Å². The summed E-state index contributed by atoms with van der Waals surface area (Å²) < 4.78 is 1.95. The Balaban J connectivity index is 2.34. The van der Waals surface area contributed by atoms with Crippen LogP contribution in [0, 0.1) is 0 Å². The van der Waals surface area contributed by atoms with Gasteiger partial charge in [0.2, 0.25) is 0 Å². The van der Waals surface area contributed by atoms with E-state index in [0.29, 0.717) is 11.6 Å². The van der Waals surface area contributed by atoms with Crippen LogP contribution in [0.4, 0.5) is 17.3 Å². The number of rotatable bonds is 4. The second-order valence-electron chi connectivity index (χ2n) is 4.54. The minimum absolute atomic E-state index is 0.220. The molecule has 0 bridgehead atoms. The van der Waals surface area contributed by atoms with Crippen molar-refractivity contribution in [3.63, 3.8) is 0 Å². The summed E-state index contributed by atoms with van der Waals surface area (Å²) in [6, 6.07) is 7.65. The van der Waals surface area contributed by atoms with Crippen molar-refractivity contribution in [1.82, 2.24) is 9.97 Å². The Morgan fingerprint density at radius 1 is 1.10 bits per heavy atom. The lowest BCUT2D eigenvalue weighted by Gasteiger charge is -2.12. The lowest BCUT2D eigenvalue weighted by molar-refractivity contribution is 0.777. The van der Waals surface area contributed by atoms with Gasteiger partial charge in [-0.3, -0.25) is 0 Å². The van der Waals surface area contributed by atoms with Crippen LogP contribution < -0.4 is 16.6 Å². The molecule has 0 aliphatic rings. The van der Waals surface area contributed by atoms with E-state index >= 15 is 0 Å². The molecule has 0 saturated carbocycles. The number of hydrazine groups is 1. The normalized spacial score (nSPS) is 10.7. The van der Waals surface area contributed by atoms with Gasteiger partial charge in [0, 0.05) is 20.9 Å². The molecule has 0 unspecified atom stereocenters. The van der Waals surface area contributed by atoms with Crippen LogP contribution >= 0.6 is 31.9 Å². The maximum absolute atomic E-state index is 5.45. The zero-order valence-corrected chi connectivity index (χ0v) is 14.3. The number of nitrogens with one attached hydrogen (secondary N) is 2. The summed E-state index contributed by atoms with van der Waals surface area (Å²) in [5.41, 5.74) is 3.48. The predicted octanol–water partition coefficient (Wildman–Crippen LogP) is 4.15. The van der Waals surface area contributed by atoms with Gasteiger partial charge < -0.3 is 10.7 Å². The van der Waals surface area contributed by atoms with Crippen molar-refractivity contribution in [2.75, 3.05) is 10.7 Å². The van der Waals surface area contributed by atoms with Crippen molar-refractivity contribution in [3.8, 4) is 0 Å². The smallest absolute Gasteiger partial charge is 0.145 e. The van der Waals surface area contributed by atoms with Gasteiger partial charge in [0.1, 0.15) is 17.5 Å². The fourth-order valence-electron chi connectivity index (χ4n) is 1.59. The van der Waals surface area contributed by atoms with Crippen molar-refractivity contribution in [2.45, 2.75) is 19.8 Å². The first kappa shape index (κ1) is 15.2. The van der Waals surface area contributed by atoms with Gasteiger partial charge in [-0.25, -0.2) is 15.8 Å². The van der Waals surface area contributed by atoms with E-state index in [4.69, 9.17) is 5.84 Å². The van der Waals surface area contributed by atoms with Crippen LogP contribution in [0.2, 0.25) is 0 Å². The molecule has 20 heavy (non-hydrogen) atoms. The number of aromatic nitrogens is 2. The SMILES string of the molecule is CC(C)c1nc(NN)cc(Nc2ccc(Br)cc2Br)n1. The highest BCUT2D eigenvalue weighted by molar-refractivity contribution is 9.11. The molecular formula is C13H15Br2N5. The first-order valence-electron chi connectivity index (χ1n) is 6.07. The highest BCUT2D eigenvalue weighted by Gasteiger charge is 2.09. The van der Waals surface area contributed by atoms with E-state index in [1.165, 1.54) is 0 Å². The largest absolute Gasteiger partial charge is 0.339 e. The number of nitrogens with two attached hydrogens (primary N) is 1. The number of nitrogen functional groups attached to an aromatic ring is 1. The van der Waals surface area contributed by atoms with Gasteiger partial charge in [-0.1, -0.05) is 29.8 Å². The topological polar surface area (TPSA) is 75.9 Å². The molecule has 0 aliphatic carbocycles. The third kappa shape index (κ3) is 3.68. The van der Waals surface area contributed by atoms with Crippen molar-refractivity contribution in [2.24, 2.45) is 5.84 Å². The molecule has 0 spiro atoms. The average molecular weight is 401 g/mol. The number of halogens is 2. The molecule has 0 fully saturated rings. The average Bonchev–Trinajstić information content (AvgIpc) is 2.41. The minimum atomic E-state index is 0.220. The molecule has 2 rings (SSSR count). The summed E-state index contributed by atoms with van der Waals surface area (Å²) in [7, 11) is 0. The Hall–Kier alpha value is -1.18. The van der Waals surface area contributed by atoms with Crippen molar-refractivity contribution in [1.29, 1.82) is 0 Å². The first-order chi connectivity index (χ1) is 9.49. The van der Waals surface area contributed by atoms with Crippen LogP contribution in [0.3, 0.4) is 0 Å². The van der Waals surface area contributed by atoms with Crippen LogP contribution in [0.25, 0.3) is 0 Å². The fraction of sp³-hybridized carbons (Fsp3) is 0.231. The summed E-state index contributed by atoms with van der Waals surface area (Å²) in [6.45, 7) is 4.07. The summed E-state index contributed by atoms with van der Waals surface area (Å²) in [5.74, 6) is 7.68. The van der Waals surface area contributed by atoms with E-state index in [0.717, 1.165) is 20.5 Å². The molecule has 0 aliphatic heterocycles. The molecule has 0 atom stereocenters. The van der Waals surface area contributed by atoms with Gasteiger partial charge in [-0.2, -0.15) is 0 Å². The minimum Gasteiger partial charge on any atom is -0.339 e. The lowest BCUT2D eigenvalue weighted by Crippen LogP contribution is -2.12. The quantitative estimate of drug-likeness (QED) is 0.530. The Kier molecular flexibility index (Phi) is 4.95. The number of benzene rings is 1. The fourth-order valence-corrected chi connectivity index (χ4v) is 2.74. The van der Waals surface area contributed by atoms with Crippen molar-refractivity contribution >= 4 is 49.2 Å². The van der Waals surface area contributed by atoms with Crippen LogP contribution in [-0.4, -0.2) is 9.97 Å². The zero-order valence-electron chi connectivity index (χ0n) is 11.1. The number of hydrogen-bond acceptors (Lipinski definition) is 5. The molecule has 4 N–H and O–H groups in total. The number of nitrogens with zero attached hydrogens (tertiary/aromatic N) is 2. The lowest BCUT2D eigenvalue weighted by atomic mass is 10.2. The van der Waals surface area contributed by atoms with Crippen molar-refractivity contribution < 1.29 is 0 Å². The maximum Gasteiger partial charge on any atom is 0.145 e. The first-order valence-corrected chi connectivity index (χ1v) is 7.66. The van der Waals surface area contributed by atoms with Gasteiger partial charge in [0.05, 0.1) is 5.69 Å². The second kappa shape index (κ2) is 6.51. The van der Waals surface area contributed by atoms with Gasteiger partial charge in [-0.05, 0) is 34.1 Å². The Morgan fingerprint density at radius 2 is 1.80 bits per heavy atom. The van der Waals surface area contributed by atoms with Gasteiger partial charge >= 0.3 is 0 Å². The molecule has 7 heteroatoms. The molecule has 5 nitrogen and oxygen atoms in total. The van der Waals surface area contributed by atoms with Crippen LogP contribution in [0.1, 0.15) is 25.6 Å². The van der Waals surface area contributed by atoms with Crippen LogP contribution in [-0.2, 0) is 0 Å². The molecular weight excluding hydrogens is 386 g/mol. The van der Waals surface area contributed by atoms with E-state index in [2.05, 4.69) is 52.6 Å². The maximum atomic E-state index is 5.45. The van der Waals surface area contributed by atoms with E-state index in [-0.39, 0.29) is 5.92 Å². The molecule has 1 aromatic heterocycles. The van der Waals surface area contributed by atoms with Gasteiger partial charge in [0.25, 0.3) is 0 Å². The Labute approximate surface area is 134 Å². The Bertz CT molecular complexity index is 616. The number of hydrogen-bond donors (Lipinski definition) is 3. The molecule has 0 amide bonds. The summed E-state index contributed by atoms with van der Waals surface area (Å²) in [5, 5.41) is 3.26. The highest BCUT2D eigenvalue weighted by Crippen LogP contribution is 2.29. The summed E-state index contributed by atoms with van der Waals surface area (Å²) >= 11 is 6.94. The number of anilines is 3. The molecule has 2 aromatic rings. The van der Waals surface area contributed by atoms with E-state index in [9.17, 15) is 0 Å².